The number of hydrogen-bond acceptors (Lipinski definition) is 3. The molecule has 0 fully saturated rings. The number of nitrogens with one attached hydrogen (secondary N) is 1. The maximum Gasteiger partial charge on any atom is 0.253 e. The summed E-state index contributed by atoms with van der Waals surface area (Å²) in [4.78, 5) is 2.45. The van der Waals surface area contributed by atoms with Gasteiger partial charge in [-0.2, -0.15) is 34.3 Å². The van der Waals surface area contributed by atoms with Crippen LogP contribution >= 0.6 is 11.8 Å². The molecule has 0 saturated heterocycles. The van der Waals surface area contributed by atoms with Crippen LogP contribution in [0.4, 0.5) is 23.2 Å². The van der Waals surface area contributed by atoms with E-state index in [0.717, 1.165) is 0 Å². The molecule has 1 N–H and O–H groups in total. The number of anilines is 1. The van der Waals surface area contributed by atoms with Crippen molar-refractivity contribution in [2.75, 3.05) is 23.4 Å². The first kappa shape index (κ1) is 13.8. The smallest absolute Gasteiger partial charge is 0.253 e. The van der Waals surface area contributed by atoms with Gasteiger partial charge >= 0.3 is 0 Å². The quantitative estimate of drug-likeness (QED) is 0.371. The molecule has 2 nitrogen and oxygen atoms in total. The minimum atomic E-state index is -1.66. The Morgan fingerprint density at radius 3 is 2.29 bits per heavy atom. The molecule has 0 aliphatic heterocycles. The van der Waals surface area contributed by atoms with Crippen LogP contribution < -0.4 is 5.32 Å². The first-order valence-electron chi connectivity index (χ1n) is 4.70. The zero-order chi connectivity index (χ0) is 12.8. The number of nitrogens with zero attached hydrogens (tertiary/aromatic N) is 1. The average Bonchev–Trinajstić information content (AvgIpc) is 2.30. The van der Waals surface area contributed by atoms with Crippen molar-refractivity contribution >= 4 is 17.4 Å². The van der Waals surface area contributed by atoms with E-state index in [-0.39, 0.29) is 6.54 Å². The van der Waals surface area contributed by atoms with Gasteiger partial charge in [0.1, 0.15) is 5.69 Å². The first-order chi connectivity index (χ1) is 8.07. The molecular formula is C10H10F4N2S. The molecule has 0 atom stereocenters. The normalized spacial score (nSPS) is 10.4. The summed E-state index contributed by atoms with van der Waals surface area (Å²) >= 11 is 1.46. The van der Waals surface area contributed by atoms with Crippen molar-refractivity contribution in [1.82, 2.24) is 4.98 Å². The van der Waals surface area contributed by atoms with Gasteiger partial charge < -0.3 is 5.32 Å². The minimum absolute atomic E-state index is 0.176. The topological polar surface area (TPSA) is 24.9 Å². The summed E-state index contributed by atoms with van der Waals surface area (Å²) in [5, 5.41) is 2.30. The molecule has 0 aliphatic rings. The van der Waals surface area contributed by atoms with E-state index in [1.54, 1.807) is 6.08 Å². The van der Waals surface area contributed by atoms with Crippen molar-refractivity contribution in [3.8, 4) is 0 Å². The number of hydrogen-bond donors (Lipinski definition) is 1. The van der Waals surface area contributed by atoms with Gasteiger partial charge in [-0.1, -0.05) is 6.08 Å². The van der Waals surface area contributed by atoms with Crippen molar-refractivity contribution in [3.05, 3.63) is 36.2 Å². The summed E-state index contributed by atoms with van der Waals surface area (Å²) in [6.45, 7) is 3.68. The fourth-order valence-electron chi connectivity index (χ4n) is 1.06. The Morgan fingerprint density at radius 1 is 1.18 bits per heavy atom. The van der Waals surface area contributed by atoms with E-state index in [9.17, 15) is 17.6 Å². The molecule has 0 spiro atoms. The third-order valence-corrected chi connectivity index (χ3v) is 2.75. The van der Waals surface area contributed by atoms with E-state index in [2.05, 4.69) is 16.9 Å². The molecule has 0 aromatic carbocycles. The molecule has 0 unspecified atom stereocenters. The van der Waals surface area contributed by atoms with Gasteiger partial charge in [0.2, 0.25) is 11.6 Å². The molecule has 17 heavy (non-hydrogen) atoms. The SMILES string of the molecule is C=CCSCCNc1c(F)c(F)nc(F)c1F. The highest BCUT2D eigenvalue weighted by Crippen LogP contribution is 2.21. The fraction of sp³-hybridized carbons (Fsp3) is 0.300. The van der Waals surface area contributed by atoms with Crippen molar-refractivity contribution in [2.45, 2.75) is 0 Å². The number of halogens is 4. The van der Waals surface area contributed by atoms with Crippen LogP contribution in [0.5, 0.6) is 0 Å². The lowest BCUT2D eigenvalue weighted by Crippen LogP contribution is -2.11. The second-order valence-electron chi connectivity index (χ2n) is 2.99. The number of thioether (sulfide) groups is 1. The van der Waals surface area contributed by atoms with Crippen LogP contribution in [0.2, 0.25) is 0 Å². The van der Waals surface area contributed by atoms with Crippen LogP contribution in [-0.2, 0) is 0 Å². The summed E-state index contributed by atoms with van der Waals surface area (Å²) < 4.78 is 51.6. The van der Waals surface area contributed by atoms with E-state index < -0.39 is 29.2 Å². The van der Waals surface area contributed by atoms with Crippen molar-refractivity contribution in [2.24, 2.45) is 0 Å². The van der Waals surface area contributed by atoms with E-state index in [0.29, 0.717) is 11.5 Å². The summed E-state index contributed by atoms with van der Waals surface area (Å²) in [6.07, 6.45) is 1.68. The highest BCUT2D eigenvalue weighted by Gasteiger charge is 2.19. The molecule has 0 aliphatic carbocycles. The van der Waals surface area contributed by atoms with E-state index >= 15 is 0 Å². The Labute approximate surface area is 100 Å². The van der Waals surface area contributed by atoms with Crippen LogP contribution in [0, 0.1) is 23.5 Å². The maximum atomic E-state index is 13.1. The zero-order valence-electron chi connectivity index (χ0n) is 8.77. The first-order valence-corrected chi connectivity index (χ1v) is 5.86. The lowest BCUT2D eigenvalue weighted by atomic mass is 10.3. The van der Waals surface area contributed by atoms with Gasteiger partial charge in [-0.05, 0) is 0 Å². The van der Waals surface area contributed by atoms with E-state index in [1.807, 2.05) is 0 Å². The van der Waals surface area contributed by atoms with Gasteiger partial charge in [0.15, 0.2) is 0 Å². The highest BCUT2D eigenvalue weighted by molar-refractivity contribution is 7.99. The number of rotatable bonds is 6. The zero-order valence-corrected chi connectivity index (χ0v) is 9.59. The van der Waals surface area contributed by atoms with Crippen molar-refractivity contribution in [1.29, 1.82) is 0 Å². The van der Waals surface area contributed by atoms with Gasteiger partial charge in [-0.25, -0.2) is 0 Å². The Morgan fingerprint density at radius 2 is 1.76 bits per heavy atom. The largest absolute Gasteiger partial charge is 0.379 e. The lowest BCUT2D eigenvalue weighted by Gasteiger charge is -2.08. The Hall–Kier alpha value is -1.24. The lowest BCUT2D eigenvalue weighted by molar-refractivity contribution is 0.411. The summed E-state index contributed by atoms with van der Waals surface area (Å²) in [6, 6.07) is 0. The number of pyridine rings is 1. The van der Waals surface area contributed by atoms with Crippen LogP contribution in [-0.4, -0.2) is 23.0 Å². The molecular weight excluding hydrogens is 256 g/mol. The van der Waals surface area contributed by atoms with E-state index in [4.69, 9.17) is 0 Å². The molecule has 1 rings (SSSR count). The summed E-state index contributed by atoms with van der Waals surface area (Å²) in [5.41, 5.74) is -0.825. The Kier molecular flexibility index (Phi) is 5.27. The molecule has 1 aromatic heterocycles. The molecule has 7 heteroatoms. The van der Waals surface area contributed by atoms with Gasteiger partial charge in [-0.15, -0.1) is 6.58 Å². The molecule has 0 saturated carbocycles. The second kappa shape index (κ2) is 6.48. The number of aromatic nitrogens is 1. The van der Waals surface area contributed by atoms with Gasteiger partial charge in [-0.3, -0.25) is 0 Å². The monoisotopic (exact) mass is 266 g/mol. The third-order valence-electron chi connectivity index (χ3n) is 1.78. The van der Waals surface area contributed by atoms with Crippen LogP contribution in [0.15, 0.2) is 12.7 Å². The Balaban J connectivity index is 2.67. The molecule has 0 radical (unpaired) electrons. The average molecular weight is 266 g/mol. The van der Waals surface area contributed by atoms with Gasteiger partial charge in [0.05, 0.1) is 0 Å². The maximum absolute atomic E-state index is 13.1. The standard InChI is InChI=1S/C10H10F4N2S/c1-2-4-17-5-3-15-8-6(11)9(13)16-10(14)7(8)12/h2H,1,3-5H2,(H,15,16). The molecule has 0 amide bonds. The molecule has 1 aromatic rings. The second-order valence-corrected chi connectivity index (χ2v) is 4.14. The molecule has 0 bridgehead atoms. The highest BCUT2D eigenvalue weighted by atomic mass is 32.2. The Bertz CT molecular complexity index is 386. The minimum Gasteiger partial charge on any atom is -0.379 e. The predicted octanol–water partition coefficient (Wildman–Crippen LogP) is 2.97. The molecule has 94 valence electrons. The van der Waals surface area contributed by atoms with Crippen molar-refractivity contribution in [3.63, 3.8) is 0 Å². The van der Waals surface area contributed by atoms with Crippen LogP contribution in [0.3, 0.4) is 0 Å². The summed E-state index contributed by atoms with van der Waals surface area (Å²) in [5.74, 6) is -5.15. The third kappa shape index (κ3) is 3.62. The van der Waals surface area contributed by atoms with Gasteiger partial charge in [0, 0.05) is 18.1 Å². The summed E-state index contributed by atoms with van der Waals surface area (Å²) in [7, 11) is 0. The predicted molar refractivity (Wildman–Crippen MR) is 60.1 cm³/mol. The van der Waals surface area contributed by atoms with Gasteiger partial charge in [0.25, 0.3) is 11.9 Å². The fourth-order valence-corrected chi connectivity index (χ4v) is 1.64. The van der Waals surface area contributed by atoms with Crippen molar-refractivity contribution < 1.29 is 17.6 Å². The van der Waals surface area contributed by atoms with E-state index in [1.165, 1.54) is 11.8 Å². The molecule has 1 heterocycles. The van der Waals surface area contributed by atoms with Crippen LogP contribution in [0.25, 0.3) is 0 Å². The van der Waals surface area contributed by atoms with Crippen LogP contribution in [0.1, 0.15) is 0 Å².